The number of rotatable bonds is 1. The van der Waals surface area contributed by atoms with Gasteiger partial charge in [-0.25, -0.2) is 0 Å². The lowest BCUT2D eigenvalue weighted by atomic mass is 9.56. The summed E-state index contributed by atoms with van der Waals surface area (Å²) in [6.07, 6.45) is 11.1. The second-order valence-electron chi connectivity index (χ2n) is 8.61. The van der Waals surface area contributed by atoms with Crippen molar-refractivity contribution in [3.8, 4) is 0 Å². The summed E-state index contributed by atoms with van der Waals surface area (Å²) in [5.74, 6) is 3.09. The highest BCUT2D eigenvalue weighted by molar-refractivity contribution is 8.00. The predicted molar refractivity (Wildman–Crippen MR) is 93.9 cm³/mol. The van der Waals surface area contributed by atoms with E-state index in [4.69, 9.17) is 0 Å². The first kappa shape index (κ1) is 15.1. The maximum atomic E-state index is 11.5. The van der Waals surface area contributed by atoms with Crippen molar-refractivity contribution in [1.82, 2.24) is 0 Å². The van der Waals surface area contributed by atoms with Crippen LogP contribution in [0.2, 0.25) is 0 Å². The van der Waals surface area contributed by atoms with Crippen molar-refractivity contribution in [3.63, 3.8) is 0 Å². The molecule has 120 valence electrons. The van der Waals surface area contributed by atoms with Gasteiger partial charge in [-0.2, -0.15) is 11.8 Å². The fraction of sp³-hybridized carbons (Fsp3) is 0.750. The highest BCUT2D eigenvalue weighted by Crippen LogP contribution is 2.65. The van der Waals surface area contributed by atoms with E-state index >= 15 is 0 Å². The zero-order valence-electron chi connectivity index (χ0n) is 13.9. The molecular formula is C20H28OS. The number of carbonyl (C=O) groups is 1. The van der Waals surface area contributed by atoms with Crippen LogP contribution in [0.1, 0.15) is 52.4 Å². The average Bonchev–Trinajstić information content (AvgIpc) is 2.84. The molecule has 0 aromatic carbocycles. The first-order valence-electron chi connectivity index (χ1n) is 8.95. The summed E-state index contributed by atoms with van der Waals surface area (Å²) in [5.41, 5.74) is 3.66. The molecule has 0 bridgehead atoms. The molecular weight excluding hydrogens is 288 g/mol. The quantitative estimate of drug-likeness (QED) is 0.631. The second-order valence-corrected chi connectivity index (χ2v) is 9.74. The normalized spacial score (nSPS) is 50.6. The van der Waals surface area contributed by atoms with E-state index in [1.807, 2.05) is 0 Å². The molecule has 0 amide bonds. The SMILES string of the molecule is C=C1C=C2CCC3C(SCC4(C)C(C=O)CCC34)C2(C)CC1. The highest BCUT2D eigenvalue weighted by atomic mass is 32.2. The largest absolute Gasteiger partial charge is 0.303 e. The van der Waals surface area contributed by atoms with E-state index in [0.29, 0.717) is 11.3 Å². The summed E-state index contributed by atoms with van der Waals surface area (Å²) in [5, 5.41) is 0.768. The molecule has 6 atom stereocenters. The Hall–Kier alpha value is -0.500. The first-order valence-corrected chi connectivity index (χ1v) is 9.99. The molecule has 2 heteroatoms. The van der Waals surface area contributed by atoms with E-state index in [1.165, 1.54) is 49.7 Å². The molecule has 1 heterocycles. The molecule has 6 unspecified atom stereocenters. The molecule has 3 aliphatic carbocycles. The molecule has 2 saturated carbocycles. The van der Waals surface area contributed by atoms with Crippen molar-refractivity contribution in [2.75, 3.05) is 5.75 Å². The third-order valence-corrected chi connectivity index (χ3v) is 9.60. The van der Waals surface area contributed by atoms with Crippen LogP contribution in [0.15, 0.2) is 23.8 Å². The third-order valence-electron chi connectivity index (χ3n) is 7.58. The Morgan fingerprint density at radius 2 is 2.09 bits per heavy atom. The minimum Gasteiger partial charge on any atom is -0.303 e. The van der Waals surface area contributed by atoms with E-state index < -0.39 is 0 Å². The zero-order chi connectivity index (χ0) is 15.5. The molecule has 0 aromatic heterocycles. The molecule has 1 saturated heterocycles. The lowest BCUT2D eigenvalue weighted by Crippen LogP contribution is -2.52. The molecule has 0 N–H and O–H groups in total. The van der Waals surface area contributed by atoms with Gasteiger partial charge in [0.1, 0.15) is 6.29 Å². The van der Waals surface area contributed by atoms with Crippen LogP contribution in [-0.4, -0.2) is 17.3 Å². The number of aldehydes is 1. The van der Waals surface area contributed by atoms with E-state index in [0.717, 1.165) is 23.5 Å². The van der Waals surface area contributed by atoms with Gasteiger partial charge in [0, 0.05) is 16.6 Å². The fourth-order valence-corrected chi connectivity index (χ4v) is 8.29. The molecule has 0 radical (unpaired) electrons. The van der Waals surface area contributed by atoms with Crippen LogP contribution in [0.5, 0.6) is 0 Å². The number of hydrogen-bond donors (Lipinski definition) is 0. The van der Waals surface area contributed by atoms with Gasteiger partial charge >= 0.3 is 0 Å². The van der Waals surface area contributed by atoms with E-state index in [2.05, 4.69) is 38.3 Å². The number of hydrogen-bond acceptors (Lipinski definition) is 2. The van der Waals surface area contributed by atoms with Gasteiger partial charge in [0.25, 0.3) is 0 Å². The summed E-state index contributed by atoms with van der Waals surface area (Å²) >= 11 is 2.20. The Labute approximate surface area is 139 Å². The summed E-state index contributed by atoms with van der Waals surface area (Å²) in [6.45, 7) is 9.13. The Balaban J connectivity index is 1.68. The Bertz CT molecular complexity index is 550. The molecule has 1 aliphatic heterocycles. The van der Waals surface area contributed by atoms with Crippen LogP contribution in [0.3, 0.4) is 0 Å². The van der Waals surface area contributed by atoms with Crippen molar-refractivity contribution in [2.24, 2.45) is 28.6 Å². The summed E-state index contributed by atoms with van der Waals surface area (Å²) in [7, 11) is 0. The van der Waals surface area contributed by atoms with Crippen LogP contribution < -0.4 is 0 Å². The summed E-state index contributed by atoms with van der Waals surface area (Å²) < 4.78 is 0. The van der Waals surface area contributed by atoms with Gasteiger partial charge in [0.2, 0.25) is 0 Å². The Kier molecular flexibility index (Phi) is 3.42. The molecule has 3 fully saturated rings. The standard InChI is InChI=1S/C20H28OS/c1-13-8-9-19(2)14(10-13)4-6-16-17-7-5-15(11-21)20(17,3)12-22-18(16)19/h10-11,15-18H,1,4-9,12H2,2-3H3. The molecule has 4 aliphatic rings. The van der Waals surface area contributed by atoms with E-state index in [-0.39, 0.29) is 5.41 Å². The second kappa shape index (κ2) is 5.00. The van der Waals surface area contributed by atoms with Crippen LogP contribution >= 0.6 is 11.8 Å². The smallest absolute Gasteiger partial charge is 0.123 e. The van der Waals surface area contributed by atoms with Crippen LogP contribution in [0, 0.1) is 28.6 Å². The molecule has 1 nitrogen and oxygen atoms in total. The molecule has 22 heavy (non-hydrogen) atoms. The Morgan fingerprint density at radius 3 is 2.86 bits per heavy atom. The van der Waals surface area contributed by atoms with Gasteiger partial charge < -0.3 is 4.79 Å². The molecule has 0 aromatic rings. The fourth-order valence-electron chi connectivity index (χ4n) is 6.12. The average molecular weight is 317 g/mol. The van der Waals surface area contributed by atoms with Gasteiger partial charge in [-0.1, -0.05) is 37.6 Å². The third kappa shape index (κ3) is 1.89. The maximum Gasteiger partial charge on any atom is 0.123 e. The number of fused-ring (bicyclic) bond motifs is 5. The number of thioether (sulfide) groups is 1. The van der Waals surface area contributed by atoms with Crippen LogP contribution in [0.4, 0.5) is 0 Å². The molecule has 4 rings (SSSR count). The zero-order valence-corrected chi connectivity index (χ0v) is 14.8. The van der Waals surface area contributed by atoms with Gasteiger partial charge in [-0.15, -0.1) is 0 Å². The minimum absolute atomic E-state index is 0.267. The van der Waals surface area contributed by atoms with Gasteiger partial charge in [-0.05, 0) is 61.5 Å². The van der Waals surface area contributed by atoms with E-state index in [9.17, 15) is 4.79 Å². The highest BCUT2D eigenvalue weighted by Gasteiger charge is 2.59. The minimum atomic E-state index is 0.267. The lowest BCUT2D eigenvalue weighted by molar-refractivity contribution is -0.114. The van der Waals surface area contributed by atoms with Crippen molar-refractivity contribution in [3.05, 3.63) is 23.8 Å². The van der Waals surface area contributed by atoms with Crippen LogP contribution in [0.25, 0.3) is 0 Å². The van der Waals surface area contributed by atoms with Crippen LogP contribution in [-0.2, 0) is 4.79 Å². The monoisotopic (exact) mass is 316 g/mol. The molecule has 0 spiro atoms. The van der Waals surface area contributed by atoms with Gasteiger partial charge in [0.15, 0.2) is 0 Å². The summed E-state index contributed by atoms with van der Waals surface area (Å²) in [6, 6.07) is 0. The number of carbonyl (C=O) groups excluding carboxylic acids is 1. The van der Waals surface area contributed by atoms with E-state index in [1.54, 1.807) is 5.57 Å². The van der Waals surface area contributed by atoms with Crippen molar-refractivity contribution < 1.29 is 4.79 Å². The van der Waals surface area contributed by atoms with Gasteiger partial charge in [-0.3, -0.25) is 0 Å². The van der Waals surface area contributed by atoms with Gasteiger partial charge in [0.05, 0.1) is 0 Å². The first-order chi connectivity index (χ1) is 10.5. The van der Waals surface area contributed by atoms with Crippen molar-refractivity contribution in [1.29, 1.82) is 0 Å². The number of allylic oxidation sites excluding steroid dienone is 3. The topological polar surface area (TPSA) is 17.1 Å². The van der Waals surface area contributed by atoms with Crippen molar-refractivity contribution >= 4 is 18.0 Å². The maximum absolute atomic E-state index is 11.5. The lowest BCUT2D eigenvalue weighted by Gasteiger charge is -2.57. The predicted octanol–water partition coefficient (Wildman–Crippen LogP) is 5.03. The summed E-state index contributed by atoms with van der Waals surface area (Å²) in [4.78, 5) is 11.5. The van der Waals surface area contributed by atoms with Crippen molar-refractivity contribution in [2.45, 2.75) is 57.6 Å². The Morgan fingerprint density at radius 1 is 1.27 bits per heavy atom.